The second kappa shape index (κ2) is 6.92. The van der Waals surface area contributed by atoms with Crippen LogP contribution >= 0.6 is 0 Å². The number of hydrogen-bond donors (Lipinski definition) is 0. The lowest BCUT2D eigenvalue weighted by Gasteiger charge is -2.41. The minimum Gasteiger partial charge on any atom is -0.414 e. The predicted octanol–water partition coefficient (Wildman–Crippen LogP) is 5.78. The molecule has 0 atom stereocenters. The Hall–Kier alpha value is -1.27. The third kappa shape index (κ3) is 4.22. The van der Waals surface area contributed by atoms with E-state index in [1.807, 2.05) is 0 Å². The van der Waals surface area contributed by atoms with Crippen molar-refractivity contribution < 1.29 is 13.7 Å². The molecule has 1 aliphatic carbocycles. The van der Waals surface area contributed by atoms with Crippen LogP contribution in [0.3, 0.4) is 0 Å². The molecular weight excluding hydrogens is 325 g/mol. The van der Waals surface area contributed by atoms with E-state index in [1.54, 1.807) is 6.07 Å². The monoisotopic (exact) mass is 353 g/mol. The van der Waals surface area contributed by atoms with Gasteiger partial charge in [-0.2, -0.15) is 0 Å². The second-order valence-corrected chi connectivity index (χ2v) is 13.1. The molecular formula is C18H28FNO3Si. The molecule has 0 radical (unpaired) electrons. The standard InChI is InChI=1S/C18H28FNO3Si/c1-18(2,3)24(4,5)23-15-9-6-13(7-10-15)16-11-8-14(20(21)22)12-17(16)19/h8,11-13,15H,6-7,9-10H2,1-5H3. The molecule has 0 amide bonds. The summed E-state index contributed by atoms with van der Waals surface area (Å²) in [6, 6.07) is 4.01. The van der Waals surface area contributed by atoms with Gasteiger partial charge >= 0.3 is 0 Å². The van der Waals surface area contributed by atoms with E-state index in [-0.39, 0.29) is 22.7 Å². The molecule has 0 bridgehead atoms. The van der Waals surface area contributed by atoms with E-state index in [0.29, 0.717) is 5.56 Å². The van der Waals surface area contributed by atoms with Gasteiger partial charge in [0, 0.05) is 12.2 Å². The number of non-ortho nitro benzene ring substituents is 1. The van der Waals surface area contributed by atoms with E-state index < -0.39 is 19.1 Å². The quantitative estimate of drug-likeness (QED) is 0.391. The fraction of sp³-hybridized carbons (Fsp3) is 0.667. The summed E-state index contributed by atoms with van der Waals surface area (Å²) in [5.74, 6) is -0.331. The molecule has 0 N–H and O–H groups in total. The number of nitro groups is 1. The molecule has 1 aliphatic rings. The molecule has 1 fully saturated rings. The number of halogens is 1. The molecule has 0 heterocycles. The van der Waals surface area contributed by atoms with E-state index >= 15 is 0 Å². The molecule has 2 rings (SSSR count). The number of rotatable bonds is 4. The lowest BCUT2D eigenvalue weighted by Crippen LogP contribution is -2.44. The van der Waals surface area contributed by atoms with Gasteiger partial charge in [0.05, 0.1) is 11.0 Å². The van der Waals surface area contributed by atoms with Crippen molar-refractivity contribution in [2.75, 3.05) is 0 Å². The van der Waals surface area contributed by atoms with Crippen LogP contribution < -0.4 is 0 Å². The first kappa shape index (κ1) is 19.1. The SMILES string of the molecule is CC(C)(C)[Si](C)(C)OC1CCC(c2ccc([N+](=O)[O-])cc2F)CC1. The average molecular weight is 354 g/mol. The zero-order chi connectivity index (χ0) is 18.1. The van der Waals surface area contributed by atoms with E-state index in [0.717, 1.165) is 31.7 Å². The zero-order valence-electron chi connectivity index (χ0n) is 15.3. The maximum atomic E-state index is 14.2. The van der Waals surface area contributed by atoms with Gasteiger partial charge < -0.3 is 4.43 Å². The van der Waals surface area contributed by atoms with Crippen molar-refractivity contribution in [3.05, 3.63) is 39.7 Å². The Morgan fingerprint density at radius 3 is 2.25 bits per heavy atom. The minimum atomic E-state index is -1.77. The van der Waals surface area contributed by atoms with Gasteiger partial charge in [-0.1, -0.05) is 20.8 Å². The van der Waals surface area contributed by atoms with Crippen molar-refractivity contribution in [2.24, 2.45) is 0 Å². The maximum absolute atomic E-state index is 14.2. The number of nitrogens with zero attached hydrogens (tertiary/aromatic N) is 1. The molecule has 0 saturated heterocycles. The summed E-state index contributed by atoms with van der Waals surface area (Å²) in [6.45, 7) is 11.2. The molecule has 1 aromatic rings. The molecule has 0 spiro atoms. The van der Waals surface area contributed by atoms with Crippen molar-refractivity contribution in [2.45, 2.75) is 76.6 Å². The summed E-state index contributed by atoms with van der Waals surface area (Å²) in [6.07, 6.45) is 3.84. The smallest absolute Gasteiger partial charge is 0.272 e. The van der Waals surface area contributed by atoms with Crippen LogP contribution in [0.25, 0.3) is 0 Å². The fourth-order valence-electron chi connectivity index (χ4n) is 3.05. The molecule has 134 valence electrons. The minimum absolute atomic E-state index is 0.130. The molecule has 1 saturated carbocycles. The van der Waals surface area contributed by atoms with Crippen LogP contribution in [0, 0.1) is 15.9 Å². The lowest BCUT2D eigenvalue weighted by molar-refractivity contribution is -0.385. The molecule has 6 heteroatoms. The first-order chi connectivity index (χ1) is 11.0. The summed E-state index contributed by atoms with van der Waals surface area (Å²) in [5.41, 5.74) is 0.414. The largest absolute Gasteiger partial charge is 0.414 e. The number of hydrogen-bond acceptors (Lipinski definition) is 3. The first-order valence-electron chi connectivity index (χ1n) is 8.63. The fourth-order valence-corrected chi connectivity index (χ4v) is 4.47. The van der Waals surface area contributed by atoms with Gasteiger partial charge in [-0.25, -0.2) is 4.39 Å². The Balaban J connectivity index is 1.99. The van der Waals surface area contributed by atoms with Crippen molar-refractivity contribution >= 4 is 14.0 Å². The van der Waals surface area contributed by atoms with E-state index in [1.165, 1.54) is 6.07 Å². The molecule has 24 heavy (non-hydrogen) atoms. The van der Waals surface area contributed by atoms with Crippen LogP contribution in [0.4, 0.5) is 10.1 Å². The van der Waals surface area contributed by atoms with Gasteiger partial charge in [0.15, 0.2) is 8.32 Å². The maximum Gasteiger partial charge on any atom is 0.272 e. The van der Waals surface area contributed by atoms with Gasteiger partial charge in [0.25, 0.3) is 5.69 Å². The molecule has 0 aliphatic heterocycles. The Kier molecular flexibility index (Phi) is 5.49. The van der Waals surface area contributed by atoms with E-state index in [4.69, 9.17) is 4.43 Å². The summed E-state index contributed by atoms with van der Waals surface area (Å²) in [5, 5.41) is 10.9. The van der Waals surface area contributed by atoms with E-state index in [2.05, 4.69) is 33.9 Å². The third-order valence-corrected chi connectivity index (χ3v) is 10.1. The molecule has 0 unspecified atom stereocenters. The third-order valence-electron chi connectivity index (χ3n) is 5.58. The summed E-state index contributed by atoms with van der Waals surface area (Å²) < 4.78 is 20.7. The van der Waals surface area contributed by atoms with Crippen molar-refractivity contribution in [3.63, 3.8) is 0 Å². The first-order valence-corrected chi connectivity index (χ1v) is 11.5. The molecule has 1 aromatic carbocycles. The van der Waals surface area contributed by atoms with Crippen molar-refractivity contribution in [1.82, 2.24) is 0 Å². The predicted molar refractivity (Wildman–Crippen MR) is 96.3 cm³/mol. The summed E-state index contributed by atoms with van der Waals surface area (Å²) in [4.78, 5) is 10.2. The Morgan fingerprint density at radius 2 is 1.79 bits per heavy atom. The Labute approximate surface area is 144 Å². The van der Waals surface area contributed by atoms with E-state index in [9.17, 15) is 14.5 Å². The lowest BCUT2D eigenvalue weighted by atomic mass is 9.82. The Bertz CT molecular complexity index is 605. The number of nitro benzene ring substituents is 1. The van der Waals surface area contributed by atoms with Crippen LogP contribution in [0.15, 0.2) is 18.2 Å². The summed E-state index contributed by atoms with van der Waals surface area (Å²) >= 11 is 0. The molecule has 4 nitrogen and oxygen atoms in total. The van der Waals surface area contributed by atoms with Gasteiger partial charge in [-0.3, -0.25) is 10.1 Å². The van der Waals surface area contributed by atoms with Crippen LogP contribution in [-0.4, -0.2) is 19.3 Å². The van der Waals surface area contributed by atoms with Crippen LogP contribution in [0.5, 0.6) is 0 Å². The molecule has 0 aromatic heterocycles. The zero-order valence-corrected chi connectivity index (χ0v) is 16.3. The highest BCUT2D eigenvalue weighted by molar-refractivity contribution is 6.74. The number of benzene rings is 1. The van der Waals surface area contributed by atoms with Crippen LogP contribution in [-0.2, 0) is 4.43 Å². The second-order valence-electron chi connectivity index (χ2n) is 8.31. The van der Waals surface area contributed by atoms with Gasteiger partial charge in [0.1, 0.15) is 5.82 Å². The topological polar surface area (TPSA) is 52.4 Å². The van der Waals surface area contributed by atoms with Crippen molar-refractivity contribution in [3.8, 4) is 0 Å². The Morgan fingerprint density at radius 1 is 1.21 bits per heavy atom. The van der Waals surface area contributed by atoms with Gasteiger partial charge in [0.2, 0.25) is 0 Å². The highest BCUT2D eigenvalue weighted by atomic mass is 28.4. The average Bonchev–Trinajstić information content (AvgIpc) is 2.46. The highest BCUT2D eigenvalue weighted by Gasteiger charge is 2.40. The van der Waals surface area contributed by atoms with Crippen molar-refractivity contribution in [1.29, 1.82) is 0 Å². The van der Waals surface area contributed by atoms with Crippen LogP contribution in [0.1, 0.15) is 57.9 Å². The van der Waals surface area contributed by atoms with Crippen LogP contribution in [0.2, 0.25) is 18.1 Å². The normalized spacial score (nSPS) is 22.4. The highest BCUT2D eigenvalue weighted by Crippen LogP contribution is 2.41. The van der Waals surface area contributed by atoms with Gasteiger partial charge in [-0.05, 0) is 61.4 Å². The van der Waals surface area contributed by atoms with Gasteiger partial charge in [-0.15, -0.1) is 0 Å². The summed E-state index contributed by atoms with van der Waals surface area (Å²) in [7, 11) is -1.77.